The molecule has 0 fully saturated rings. The van der Waals surface area contributed by atoms with Crippen LogP contribution in [-0.2, 0) is 4.79 Å². The average molecular weight is 225 g/mol. The number of pyridine rings is 1. The third-order valence-electron chi connectivity index (χ3n) is 2.23. The standard InChI is InChI=1S/C10H15N3O3/c1-5-6(11)2-3-7(13-5)10(16)8(14)4-9(12)15/h2-3,8,10,14,16H,4,11H2,1H3,(H2,12,15). The molecule has 16 heavy (non-hydrogen) atoms. The predicted molar refractivity (Wildman–Crippen MR) is 58.2 cm³/mol. The van der Waals surface area contributed by atoms with E-state index in [0.29, 0.717) is 11.4 Å². The number of carbonyl (C=O) groups excluding carboxylic acids is 1. The van der Waals surface area contributed by atoms with E-state index in [0.717, 1.165) is 0 Å². The van der Waals surface area contributed by atoms with Crippen molar-refractivity contribution in [3.8, 4) is 0 Å². The normalized spacial score (nSPS) is 14.4. The fourth-order valence-electron chi connectivity index (χ4n) is 1.27. The number of aromatic nitrogens is 1. The van der Waals surface area contributed by atoms with Gasteiger partial charge in [0.15, 0.2) is 0 Å². The van der Waals surface area contributed by atoms with Gasteiger partial charge in [-0.15, -0.1) is 0 Å². The van der Waals surface area contributed by atoms with Gasteiger partial charge in [0.05, 0.1) is 29.6 Å². The number of hydrogen-bond acceptors (Lipinski definition) is 5. The van der Waals surface area contributed by atoms with Crippen LogP contribution in [0.5, 0.6) is 0 Å². The summed E-state index contributed by atoms with van der Waals surface area (Å²) in [5.41, 5.74) is 11.8. The van der Waals surface area contributed by atoms with E-state index in [4.69, 9.17) is 11.5 Å². The minimum atomic E-state index is -1.26. The molecule has 0 saturated heterocycles. The number of anilines is 1. The number of hydrogen-bond donors (Lipinski definition) is 4. The van der Waals surface area contributed by atoms with E-state index in [1.54, 1.807) is 13.0 Å². The van der Waals surface area contributed by atoms with Crippen LogP contribution in [0.3, 0.4) is 0 Å². The zero-order valence-corrected chi connectivity index (χ0v) is 8.92. The molecule has 0 radical (unpaired) electrons. The van der Waals surface area contributed by atoms with Crippen molar-refractivity contribution in [1.29, 1.82) is 0 Å². The van der Waals surface area contributed by atoms with Crippen molar-refractivity contribution >= 4 is 11.6 Å². The lowest BCUT2D eigenvalue weighted by Gasteiger charge is -2.16. The number of nitrogens with zero attached hydrogens (tertiary/aromatic N) is 1. The highest BCUT2D eigenvalue weighted by molar-refractivity contribution is 5.74. The third-order valence-corrected chi connectivity index (χ3v) is 2.23. The van der Waals surface area contributed by atoms with E-state index in [2.05, 4.69) is 4.98 Å². The van der Waals surface area contributed by atoms with Gasteiger partial charge in [-0.05, 0) is 19.1 Å². The van der Waals surface area contributed by atoms with Crippen molar-refractivity contribution in [2.75, 3.05) is 5.73 Å². The molecule has 0 aromatic carbocycles. The molecule has 1 aromatic rings. The SMILES string of the molecule is Cc1nc(C(O)C(O)CC(N)=O)ccc1N. The van der Waals surface area contributed by atoms with Crippen molar-refractivity contribution in [1.82, 2.24) is 4.98 Å². The first-order valence-electron chi connectivity index (χ1n) is 4.79. The van der Waals surface area contributed by atoms with Gasteiger partial charge >= 0.3 is 0 Å². The summed E-state index contributed by atoms with van der Waals surface area (Å²) in [7, 11) is 0. The molecule has 0 bridgehead atoms. The summed E-state index contributed by atoms with van der Waals surface area (Å²) in [6.45, 7) is 1.69. The predicted octanol–water partition coefficient (Wildman–Crippen LogP) is -0.758. The lowest BCUT2D eigenvalue weighted by atomic mass is 10.1. The van der Waals surface area contributed by atoms with Crippen LogP contribution in [0, 0.1) is 6.92 Å². The summed E-state index contributed by atoms with van der Waals surface area (Å²) >= 11 is 0. The number of nitrogens with two attached hydrogens (primary N) is 2. The van der Waals surface area contributed by atoms with Crippen molar-refractivity contribution in [2.24, 2.45) is 5.73 Å². The maximum atomic E-state index is 10.6. The van der Waals surface area contributed by atoms with Gasteiger partial charge in [0, 0.05) is 0 Å². The van der Waals surface area contributed by atoms with Gasteiger partial charge in [0.25, 0.3) is 0 Å². The maximum Gasteiger partial charge on any atom is 0.220 e. The second kappa shape index (κ2) is 4.91. The second-order valence-electron chi connectivity index (χ2n) is 3.59. The minimum absolute atomic E-state index is 0.264. The smallest absolute Gasteiger partial charge is 0.220 e. The summed E-state index contributed by atoms with van der Waals surface area (Å²) in [5, 5.41) is 19.2. The molecule has 0 aliphatic heterocycles. The van der Waals surface area contributed by atoms with E-state index in [1.165, 1.54) is 6.07 Å². The Morgan fingerprint density at radius 2 is 2.12 bits per heavy atom. The van der Waals surface area contributed by atoms with Crippen molar-refractivity contribution < 1.29 is 15.0 Å². The van der Waals surface area contributed by atoms with Crippen LogP contribution in [0.2, 0.25) is 0 Å². The number of rotatable bonds is 4. The molecule has 0 saturated carbocycles. The Bertz CT molecular complexity index is 395. The molecule has 0 aliphatic carbocycles. The van der Waals surface area contributed by atoms with Crippen LogP contribution in [0.4, 0.5) is 5.69 Å². The zero-order chi connectivity index (χ0) is 12.3. The summed E-state index contributed by atoms with van der Waals surface area (Å²) in [4.78, 5) is 14.6. The Morgan fingerprint density at radius 3 is 2.62 bits per heavy atom. The topological polar surface area (TPSA) is 122 Å². The first kappa shape index (κ1) is 12.4. The van der Waals surface area contributed by atoms with Gasteiger partial charge in [-0.25, -0.2) is 0 Å². The van der Waals surface area contributed by atoms with Crippen molar-refractivity contribution in [2.45, 2.75) is 25.6 Å². The van der Waals surface area contributed by atoms with Crippen molar-refractivity contribution in [3.05, 3.63) is 23.5 Å². The molecule has 1 amide bonds. The Hall–Kier alpha value is -1.66. The molecule has 1 heterocycles. The zero-order valence-electron chi connectivity index (χ0n) is 8.92. The molecule has 6 nitrogen and oxygen atoms in total. The molecular weight excluding hydrogens is 210 g/mol. The monoisotopic (exact) mass is 225 g/mol. The first-order chi connectivity index (χ1) is 7.41. The second-order valence-corrected chi connectivity index (χ2v) is 3.59. The number of aliphatic hydroxyl groups is 2. The fourth-order valence-corrected chi connectivity index (χ4v) is 1.27. The number of amides is 1. The average Bonchev–Trinajstić information content (AvgIpc) is 2.20. The molecule has 0 spiro atoms. The lowest BCUT2D eigenvalue weighted by molar-refractivity contribution is -0.121. The minimum Gasteiger partial charge on any atom is -0.397 e. The Balaban J connectivity index is 2.83. The molecule has 6 N–H and O–H groups in total. The van der Waals surface area contributed by atoms with Crippen LogP contribution in [-0.4, -0.2) is 27.2 Å². The largest absolute Gasteiger partial charge is 0.397 e. The van der Waals surface area contributed by atoms with Gasteiger partial charge in [-0.1, -0.05) is 0 Å². The van der Waals surface area contributed by atoms with Crippen LogP contribution < -0.4 is 11.5 Å². The molecule has 1 rings (SSSR count). The number of primary amides is 1. The van der Waals surface area contributed by atoms with Gasteiger partial charge in [-0.2, -0.15) is 0 Å². The highest BCUT2D eigenvalue weighted by Crippen LogP contribution is 2.19. The fraction of sp³-hybridized carbons (Fsp3) is 0.400. The molecule has 6 heteroatoms. The van der Waals surface area contributed by atoms with Gasteiger partial charge in [0.1, 0.15) is 6.10 Å². The van der Waals surface area contributed by atoms with E-state index >= 15 is 0 Å². The van der Waals surface area contributed by atoms with Gasteiger partial charge in [-0.3, -0.25) is 9.78 Å². The van der Waals surface area contributed by atoms with Gasteiger partial charge < -0.3 is 21.7 Å². The highest BCUT2D eigenvalue weighted by atomic mass is 16.3. The molecule has 0 aliphatic rings. The maximum absolute atomic E-state index is 10.6. The third kappa shape index (κ3) is 2.91. The lowest BCUT2D eigenvalue weighted by Crippen LogP contribution is -2.26. The molecular formula is C10H15N3O3. The quantitative estimate of drug-likeness (QED) is 0.536. The molecule has 2 unspecified atom stereocenters. The van der Waals surface area contributed by atoms with Crippen LogP contribution in [0.25, 0.3) is 0 Å². The van der Waals surface area contributed by atoms with Crippen LogP contribution in [0.1, 0.15) is 23.9 Å². The number of aliphatic hydroxyl groups excluding tert-OH is 2. The highest BCUT2D eigenvalue weighted by Gasteiger charge is 2.21. The van der Waals surface area contributed by atoms with Crippen LogP contribution in [0.15, 0.2) is 12.1 Å². The van der Waals surface area contributed by atoms with Crippen molar-refractivity contribution in [3.63, 3.8) is 0 Å². The summed E-state index contributed by atoms with van der Waals surface area (Å²) < 4.78 is 0. The summed E-state index contributed by atoms with van der Waals surface area (Å²) in [6, 6.07) is 3.08. The molecule has 88 valence electrons. The van der Waals surface area contributed by atoms with Crippen LogP contribution >= 0.6 is 0 Å². The first-order valence-corrected chi connectivity index (χ1v) is 4.79. The Labute approximate surface area is 92.9 Å². The summed E-state index contributed by atoms with van der Waals surface area (Å²) in [5.74, 6) is -0.682. The summed E-state index contributed by atoms with van der Waals surface area (Å²) in [6.07, 6.45) is -2.81. The number of carbonyl (C=O) groups is 1. The van der Waals surface area contributed by atoms with E-state index < -0.39 is 18.1 Å². The molecule has 2 atom stereocenters. The number of nitrogen functional groups attached to an aromatic ring is 1. The van der Waals surface area contributed by atoms with E-state index in [1.807, 2.05) is 0 Å². The van der Waals surface area contributed by atoms with Gasteiger partial charge in [0.2, 0.25) is 5.91 Å². The Morgan fingerprint density at radius 1 is 1.50 bits per heavy atom. The van der Waals surface area contributed by atoms with E-state index in [-0.39, 0.29) is 12.1 Å². The number of aryl methyl sites for hydroxylation is 1. The Kier molecular flexibility index (Phi) is 3.81. The molecule has 1 aromatic heterocycles. The van der Waals surface area contributed by atoms with E-state index in [9.17, 15) is 15.0 Å².